The molecule has 0 aliphatic heterocycles. The molecule has 1 aliphatic rings. The quantitative estimate of drug-likeness (QED) is 0.896. The van der Waals surface area contributed by atoms with Crippen molar-refractivity contribution < 1.29 is 14.2 Å². The molecule has 0 bridgehead atoms. The zero-order valence-electron chi connectivity index (χ0n) is 9.96. The smallest absolute Gasteiger partial charge is 0.144 e. The summed E-state index contributed by atoms with van der Waals surface area (Å²) >= 11 is 5.97. The van der Waals surface area contributed by atoms with Crippen LogP contribution in [0.2, 0.25) is 5.02 Å². The van der Waals surface area contributed by atoms with Crippen molar-refractivity contribution in [1.29, 1.82) is 0 Å². The van der Waals surface area contributed by atoms with Crippen molar-refractivity contribution in [2.75, 3.05) is 6.61 Å². The molecular formula is C13H16ClFO2. The highest BCUT2D eigenvalue weighted by molar-refractivity contribution is 6.32. The Balaban J connectivity index is 2.32. The molecule has 17 heavy (non-hydrogen) atoms. The molecule has 0 heterocycles. The SMILES string of the molecule is CC(C)(O)c1cc(F)cc(Cl)c1OCC1CC1. The molecule has 0 radical (unpaired) electrons. The standard InChI is InChI=1S/C13H16ClFO2/c1-13(2,16)10-5-9(15)6-11(14)12(10)17-7-8-3-4-8/h5-6,8,16H,3-4,7H2,1-2H3. The first-order valence-corrected chi connectivity index (χ1v) is 6.10. The number of hydrogen-bond donors (Lipinski definition) is 1. The lowest BCUT2D eigenvalue weighted by Crippen LogP contribution is -2.18. The second kappa shape index (κ2) is 4.46. The van der Waals surface area contributed by atoms with Crippen molar-refractivity contribution in [3.8, 4) is 5.75 Å². The number of aliphatic hydroxyl groups is 1. The Morgan fingerprint density at radius 3 is 2.65 bits per heavy atom. The Bertz CT molecular complexity index is 422. The molecule has 1 N–H and O–H groups in total. The van der Waals surface area contributed by atoms with Gasteiger partial charge in [-0.2, -0.15) is 0 Å². The molecule has 0 saturated heterocycles. The van der Waals surface area contributed by atoms with Crippen LogP contribution in [0, 0.1) is 11.7 Å². The number of benzene rings is 1. The van der Waals surface area contributed by atoms with Crippen molar-refractivity contribution in [3.05, 3.63) is 28.5 Å². The normalized spacial score (nSPS) is 16.1. The van der Waals surface area contributed by atoms with Gasteiger partial charge in [0.2, 0.25) is 0 Å². The molecule has 0 aromatic heterocycles. The lowest BCUT2D eigenvalue weighted by Gasteiger charge is -2.22. The van der Waals surface area contributed by atoms with Crippen LogP contribution in [0.25, 0.3) is 0 Å². The summed E-state index contributed by atoms with van der Waals surface area (Å²) in [5, 5.41) is 10.2. The van der Waals surface area contributed by atoms with Crippen LogP contribution < -0.4 is 4.74 Å². The molecule has 1 fully saturated rings. The van der Waals surface area contributed by atoms with Crippen LogP contribution >= 0.6 is 11.6 Å². The van der Waals surface area contributed by atoms with Gasteiger partial charge in [-0.15, -0.1) is 0 Å². The third-order valence-corrected chi connectivity index (χ3v) is 3.11. The van der Waals surface area contributed by atoms with Gasteiger partial charge in [0.1, 0.15) is 11.6 Å². The molecule has 4 heteroatoms. The van der Waals surface area contributed by atoms with Crippen molar-refractivity contribution >= 4 is 11.6 Å². The first kappa shape index (κ1) is 12.7. The molecule has 0 spiro atoms. The Hall–Kier alpha value is -0.800. The lowest BCUT2D eigenvalue weighted by molar-refractivity contribution is 0.0741. The molecule has 94 valence electrons. The molecule has 0 unspecified atom stereocenters. The highest BCUT2D eigenvalue weighted by Crippen LogP contribution is 2.38. The maximum atomic E-state index is 13.3. The molecule has 0 atom stereocenters. The first-order chi connectivity index (χ1) is 7.88. The predicted octanol–water partition coefficient (Wildman–Crippen LogP) is 3.50. The predicted molar refractivity (Wildman–Crippen MR) is 64.9 cm³/mol. The monoisotopic (exact) mass is 258 g/mol. The number of rotatable bonds is 4. The summed E-state index contributed by atoms with van der Waals surface area (Å²) in [6.45, 7) is 3.75. The Labute approximate surface area is 105 Å². The van der Waals surface area contributed by atoms with Gasteiger partial charge in [-0.1, -0.05) is 11.6 Å². The van der Waals surface area contributed by atoms with Gasteiger partial charge in [0.15, 0.2) is 0 Å². The van der Waals surface area contributed by atoms with E-state index >= 15 is 0 Å². The van der Waals surface area contributed by atoms with Crippen molar-refractivity contribution in [3.63, 3.8) is 0 Å². The van der Waals surface area contributed by atoms with Gasteiger partial charge in [-0.25, -0.2) is 4.39 Å². The van der Waals surface area contributed by atoms with Crippen LogP contribution in [0.1, 0.15) is 32.3 Å². The minimum Gasteiger partial charge on any atom is -0.491 e. The summed E-state index contributed by atoms with van der Waals surface area (Å²) < 4.78 is 18.9. The van der Waals surface area contributed by atoms with Gasteiger partial charge >= 0.3 is 0 Å². The zero-order chi connectivity index (χ0) is 12.6. The number of hydrogen-bond acceptors (Lipinski definition) is 2. The fourth-order valence-corrected chi connectivity index (χ4v) is 1.91. The highest BCUT2D eigenvalue weighted by atomic mass is 35.5. The van der Waals surface area contributed by atoms with E-state index in [4.69, 9.17) is 16.3 Å². The van der Waals surface area contributed by atoms with Crippen LogP contribution in [0.4, 0.5) is 4.39 Å². The summed E-state index contributed by atoms with van der Waals surface area (Å²) in [5.74, 6) is 0.504. The van der Waals surface area contributed by atoms with Crippen LogP contribution in [-0.4, -0.2) is 11.7 Å². The minimum atomic E-state index is -1.18. The lowest BCUT2D eigenvalue weighted by atomic mass is 9.97. The molecule has 1 saturated carbocycles. The maximum absolute atomic E-state index is 13.3. The van der Waals surface area contributed by atoms with Gasteiger partial charge in [0.05, 0.1) is 17.2 Å². The third kappa shape index (κ3) is 3.11. The summed E-state index contributed by atoms with van der Waals surface area (Å²) in [5.41, 5.74) is -0.784. The van der Waals surface area contributed by atoms with E-state index in [2.05, 4.69) is 0 Å². The summed E-state index contributed by atoms with van der Waals surface area (Å²) in [4.78, 5) is 0. The van der Waals surface area contributed by atoms with Crippen LogP contribution in [0.3, 0.4) is 0 Å². The average molecular weight is 259 g/mol. The van der Waals surface area contributed by atoms with Gasteiger partial charge in [0.25, 0.3) is 0 Å². The van der Waals surface area contributed by atoms with E-state index in [0.29, 0.717) is 23.8 Å². The minimum absolute atomic E-state index is 0.211. The van der Waals surface area contributed by atoms with Gasteiger partial charge in [0, 0.05) is 5.56 Å². The average Bonchev–Trinajstić information content (AvgIpc) is 2.97. The van der Waals surface area contributed by atoms with Gasteiger partial charge in [-0.3, -0.25) is 0 Å². The van der Waals surface area contributed by atoms with Gasteiger partial charge in [-0.05, 0) is 44.7 Å². The van der Waals surface area contributed by atoms with E-state index in [1.807, 2.05) is 0 Å². The number of ether oxygens (including phenoxy) is 1. The molecular weight excluding hydrogens is 243 g/mol. The Morgan fingerprint density at radius 2 is 2.12 bits per heavy atom. The molecule has 0 amide bonds. The Kier molecular flexibility index (Phi) is 3.32. The summed E-state index contributed by atoms with van der Waals surface area (Å²) in [7, 11) is 0. The van der Waals surface area contributed by atoms with Crippen molar-refractivity contribution in [2.45, 2.75) is 32.3 Å². The topological polar surface area (TPSA) is 29.5 Å². The fourth-order valence-electron chi connectivity index (χ4n) is 1.65. The van der Waals surface area contributed by atoms with E-state index in [1.165, 1.54) is 12.1 Å². The Morgan fingerprint density at radius 1 is 1.47 bits per heavy atom. The van der Waals surface area contributed by atoms with E-state index in [0.717, 1.165) is 12.8 Å². The first-order valence-electron chi connectivity index (χ1n) is 5.72. The fraction of sp³-hybridized carbons (Fsp3) is 0.538. The molecule has 1 aromatic carbocycles. The number of halogens is 2. The second-order valence-electron chi connectivity index (χ2n) is 5.08. The third-order valence-electron chi connectivity index (χ3n) is 2.83. The molecule has 1 aromatic rings. The highest BCUT2D eigenvalue weighted by Gasteiger charge is 2.27. The van der Waals surface area contributed by atoms with Gasteiger partial charge < -0.3 is 9.84 Å². The summed E-state index contributed by atoms with van der Waals surface area (Å²) in [6, 6.07) is 2.48. The summed E-state index contributed by atoms with van der Waals surface area (Å²) in [6.07, 6.45) is 2.33. The largest absolute Gasteiger partial charge is 0.491 e. The second-order valence-corrected chi connectivity index (χ2v) is 5.48. The molecule has 2 rings (SSSR count). The van der Waals surface area contributed by atoms with E-state index in [-0.39, 0.29) is 5.02 Å². The van der Waals surface area contributed by atoms with Crippen LogP contribution in [-0.2, 0) is 5.60 Å². The van der Waals surface area contributed by atoms with Crippen LogP contribution in [0.5, 0.6) is 5.75 Å². The van der Waals surface area contributed by atoms with Crippen LogP contribution in [0.15, 0.2) is 12.1 Å². The van der Waals surface area contributed by atoms with E-state index in [1.54, 1.807) is 13.8 Å². The maximum Gasteiger partial charge on any atom is 0.144 e. The van der Waals surface area contributed by atoms with E-state index in [9.17, 15) is 9.50 Å². The van der Waals surface area contributed by atoms with Crippen molar-refractivity contribution in [1.82, 2.24) is 0 Å². The zero-order valence-corrected chi connectivity index (χ0v) is 10.7. The molecule has 2 nitrogen and oxygen atoms in total. The van der Waals surface area contributed by atoms with E-state index < -0.39 is 11.4 Å². The van der Waals surface area contributed by atoms with Crippen molar-refractivity contribution in [2.24, 2.45) is 5.92 Å². The molecule has 1 aliphatic carbocycles.